The summed E-state index contributed by atoms with van der Waals surface area (Å²) in [6.45, 7) is 6.74. The van der Waals surface area contributed by atoms with Gasteiger partial charge in [-0.15, -0.1) is 11.3 Å². The van der Waals surface area contributed by atoms with Crippen molar-refractivity contribution in [2.24, 2.45) is 0 Å². The van der Waals surface area contributed by atoms with Crippen LogP contribution in [0.15, 0.2) is 29.6 Å². The molecule has 1 aliphatic rings. The van der Waals surface area contributed by atoms with E-state index in [2.05, 4.69) is 25.6 Å². The molecule has 3 heterocycles. The number of thiazole rings is 1. The molecule has 1 saturated heterocycles. The highest BCUT2D eigenvalue weighted by atomic mass is 32.1. The predicted molar refractivity (Wildman–Crippen MR) is 127 cm³/mol. The quantitative estimate of drug-likeness (QED) is 0.339. The number of ether oxygens (including phenoxy) is 1. The first kappa shape index (κ1) is 22.7. The van der Waals surface area contributed by atoms with E-state index in [1.165, 1.54) is 11.3 Å². The lowest BCUT2D eigenvalue weighted by Crippen LogP contribution is -2.41. The van der Waals surface area contributed by atoms with E-state index in [4.69, 9.17) is 10.1 Å². The van der Waals surface area contributed by atoms with Gasteiger partial charge in [0.1, 0.15) is 11.3 Å². The normalized spacial score (nSPS) is 14.8. The van der Waals surface area contributed by atoms with Crippen molar-refractivity contribution in [3.8, 4) is 0 Å². The van der Waals surface area contributed by atoms with Crippen LogP contribution in [0.3, 0.4) is 0 Å². The van der Waals surface area contributed by atoms with Crippen molar-refractivity contribution in [3.63, 3.8) is 0 Å². The highest BCUT2D eigenvalue weighted by Crippen LogP contribution is 2.31. The van der Waals surface area contributed by atoms with Crippen LogP contribution >= 0.6 is 11.3 Å². The van der Waals surface area contributed by atoms with Crippen molar-refractivity contribution in [3.05, 3.63) is 40.3 Å². The SMILES string of the molecule is CC(C)(C)OC(=O)N1CCC(c2nc(C(=O)NC(=N)Nc3nc4ccccc4[nH]3)cs2)CC1. The number of nitrogens with one attached hydrogen (secondary N) is 4. The molecular formula is C22H27N7O3S. The number of benzene rings is 1. The van der Waals surface area contributed by atoms with Gasteiger partial charge in [0, 0.05) is 24.4 Å². The van der Waals surface area contributed by atoms with Gasteiger partial charge in [0.2, 0.25) is 11.9 Å². The Labute approximate surface area is 195 Å². The van der Waals surface area contributed by atoms with Crippen LogP contribution in [0.25, 0.3) is 11.0 Å². The molecule has 1 aliphatic heterocycles. The molecule has 0 aliphatic carbocycles. The number of imidazole rings is 1. The standard InChI is InChI=1S/C22H27N7O3S/c1-22(2,3)32-21(31)29-10-8-13(9-11-29)18-24-16(12-33-18)17(30)27-19(23)28-20-25-14-6-4-5-7-15(14)26-20/h4-7,12-13H,8-11H2,1-3H3,(H4,23,25,26,27,28,30). The van der Waals surface area contributed by atoms with E-state index in [9.17, 15) is 9.59 Å². The third-order valence-corrected chi connectivity index (χ3v) is 6.13. The van der Waals surface area contributed by atoms with Gasteiger partial charge in [-0.05, 0) is 45.7 Å². The Hall–Kier alpha value is -3.47. The van der Waals surface area contributed by atoms with Gasteiger partial charge in [-0.3, -0.25) is 20.8 Å². The first-order valence-corrected chi connectivity index (χ1v) is 11.6. The molecule has 10 nitrogen and oxygen atoms in total. The number of hydrogen-bond donors (Lipinski definition) is 4. The van der Waals surface area contributed by atoms with Crippen LogP contribution in [0.5, 0.6) is 0 Å². The number of anilines is 1. The topological polar surface area (TPSA) is 136 Å². The van der Waals surface area contributed by atoms with Crippen LogP contribution in [-0.2, 0) is 4.74 Å². The Morgan fingerprint density at radius 3 is 2.64 bits per heavy atom. The molecule has 1 aromatic carbocycles. The van der Waals surface area contributed by atoms with Gasteiger partial charge in [-0.2, -0.15) is 0 Å². The fraction of sp³-hybridized carbons (Fsp3) is 0.409. The van der Waals surface area contributed by atoms with E-state index in [-0.39, 0.29) is 23.7 Å². The summed E-state index contributed by atoms with van der Waals surface area (Å²) in [6, 6.07) is 7.50. The van der Waals surface area contributed by atoms with Crippen LogP contribution in [0, 0.1) is 5.41 Å². The molecule has 11 heteroatoms. The first-order valence-electron chi connectivity index (χ1n) is 10.7. The van der Waals surface area contributed by atoms with Gasteiger partial charge in [-0.25, -0.2) is 14.8 Å². The van der Waals surface area contributed by atoms with Gasteiger partial charge in [0.15, 0.2) is 0 Å². The van der Waals surface area contributed by atoms with Crippen molar-refractivity contribution in [2.45, 2.75) is 45.1 Å². The van der Waals surface area contributed by atoms with Crippen molar-refractivity contribution >= 4 is 46.3 Å². The number of amides is 2. The smallest absolute Gasteiger partial charge is 0.410 e. The molecule has 1 fully saturated rings. The number of fused-ring (bicyclic) bond motifs is 1. The van der Waals surface area contributed by atoms with Crippen LogP contribution in [0.2, 0.25) is 0 Å². The second kappa shape index (κ2) is 9.18. The Bertz CT molecular complexity index is 1140. The maximum atomic E-state index is 12.5. The van der Waals surface area contributed by atoms with E-state index in [0.717, 1.165) is 28.9 Å². The zero-order valence-corrected chi connectivity index (χ0v) is 19.6. The fourth-order valence-corrected chi connectivity index (χ4v) is 4.53. The van der Waals surface area contributed by atoms with Crippen molar-refractivity contribution in [1.29, 1.82) is 5.41 Å². The predicted octanol–water partition coefficient (Wildman–Crippen LogP) is 3.91. The summed E-state index contributed by atoms with van der Waals surface area (Å²) in [5.74, 6) is -0.0999. The number of para-hydroxylation sites is 2. The van der Waals surface area contributed by atoms with Gasteiger partial charge < -0.3 is 14.6 Å². The zero-order chi connectivity index (χ0) is 23.6. The van der Waals surface area contributed by atoms with E-state index in [1.807, 2.05) is 45.0 Å². The number of rotatable bonds is 3. The Balaban J connectivity index is 1.29. The van der Waals surface area contributed by atoms with E-state index < -0.39 is 11.5 Å². The minimum atomic E-state index is -0.515. The summed E-state index contributed by atoms with van der Waals surface area (Å²) in [5.41, 5.74) is 1.35. The van der Waals surface area contributed by atoms with Crippen molar-refractivity contribution in [1.82, 2.24) is 25.2 Å². The molecule has 0 spiro atoms. The number of aromatic amines is 1. The van der Waals surface area contributed by atoms with E-state index in [1.54, 1.807) is 10.3 Å². The zero-order valence-electron chi connectivity index (χ0n) is 18.8. The molecule has 0 bridgehead atoms. The van der Waals surface area contributed by atoms with E-state index in [0.29, 0.717) is 19.0 Å². The minimum Gasteiger partial charge on any atom is -0.444 e. The van der Waals surface area contributed by atoms with Crippen LogP contribution in [-0.4, -0.2) is 56.5 Å². The summed E-state index contributed by atoms with van der Waals surface area (Å²) in [6.07, 6.45) is 1.23. The summed E-state index contributed by atoms with van der Waals surface area (Å²) < 4.78 is 5.44. The number of H-pyrrole nitrogens is 1. The first-order chi connectivity index (χ1) is 15.7. The molecule has 0 saturated carbocycles. The molecule has 33 heavy (non-hydrogen) atoms. The molecule has 0 radical (unpaired) electrons. The average Bonchev–Trinajstić information content (AvgIpc) is 3.39. The summed E-state index contributed by atoms with van der Waals surface area (Å²) in [7, 11) is 0. The molecule has 0 unspecified atom stereocenters. The second-order valence-corrected chi connectivity index (χ2v) is 9.76. The number of nitrogens with zero attached hydrogens (tertiary/aromatic N) is 3. The molecular weight excluding hydrogens is 442 g/mol. The summed E-state index contributed by atoms with van der Waals surface area (Å²) in [4.78, 5) is 38.4. The van der Waals surface area contributed by atoms with Crippen molar-refractivity contribution in [2.75, 3.05) is 18.4 Å². The number of carbonyl (C=O) groups excluding carboxylic acids is 2. The van der Waals surface area contributed by atoms with Gasteiger partial charge in [0.25, 0.3) is 5.91 Å². The number of likely N-dealkylation sites (tertiary alicyclic amines) is 1. The van der Waals surface area contributed by atoms with E-state index >= 15 is 0 Å². The molecule has 0 atom stereocenters. The molecule has 174 valence electrons. The molecule has 4 N–H and O–H groups in total. The average molecular weight is 470 g/mol. The lowest BCUT2D eigenvalue weighted by Gasteiger charge is -2.32. The third kappa shape index (κ3) is 5.67. The molecule has 3 aromatic rings. The summed E-state index contributed by atoms with van der Waals surface area (Å²) in [5, 5.41) is 15.8. The molecule has 2 amide bonds. The lowest BCUT2D eigenvalue weighted by molar-refractivity contribution is 0.0204. The number of piperidine rings is 1. The number of carbonyl (C=O) groups is 2. The highest BCUT2D eigenvalue weighted by Gasteiger charge is 2.29. The molecule has 2 aromatic heterocycles. The number of guanidine groups is 1. The lowest BCUT2D eigenvalue weighted by atomic mass is 9.98. The van der Waals surface area contributed by atoms with Crippen LogP contribution in [0.4, 0.5) is 10.7 Å². The Morgan fingerprint density at radius 2 is 1.94 bits per heavy atom. The Kier molecular flexibility index (Phi) is 6.32. The Morgan fingerprint density at radius 1 is 1.21 bits per heavy atom. The van der Waals surface area contributed by atoms with Crippen molar-refractivity contribution < 1.29 is 14.3 Å². The molecule has 4 rings (SSSR count). The van der Waals surface area contributed by atoms with Gasteiger partial charge in [0.05, 0.1) is 16.0 Å². The summed E-state index contributed by atoms with van der Waals surface area (Å²) >= 11 is 1.42. The van der Waals surface area contributed by atoms with Crippen LogP contribution < -0.4 is 10.6 Å². The highest BCUT2D eigenvalue weighted by molar-refractivity contribution is 7.09. The third-order valence-electron chi connectivity index (χ3n) is 5.12. The maximum Gasteiger partial charge on any atom is 0.410 e. The monoisotopic (exact) mass is 469 g/mol. The minimum absolute atomic E-state index is 0.184. The van der Waals surface area contributed by atoms with Gasteiger partial charge in [-0.1, -0.05) is 12.1 Å². The van der Waals surface area contributed by atoms with Gasteiger partial charge >= 0.3 is 6.09 Å². The second-order valence-electron chi connectivity index (χ2n) is 8.87. The largest absolute Gasteiger partial charge is 0.444 e. The van der Waals surface area contributed by atoms with Crippen LogP contribution in [0.1, 0.15) is 55.0 Å². The fourth-order valence-electron chi connectivity index (χ4n) is 3.55. The number of hydrogen-bond acceptors (Lipinski definition) is 7. The maximum absolute atomic E-state index is 12.5. The number of aromatic nitrogens is 3.